The van der Waals surface area contributed by atoms with E-state index in [-0.39, 0.29) is 11.9 Å². The van der Waals surface area contributed by atoms with Gasteiger partial charge in [-0.2, -0.15) is 4.37 Å². The van der Waals surface area contributed by atoms with Gasteiger partial charge in [0.25, 0.3) is 0 Å². The van der Waals surface area contributed by atoms with Gasteiger partial charge in [-0.05, 0) is 24.9 Å². The van der Waals surface area contributed by atoms with E-state index < -0.39 is 5.97 Å². The zero-order valence-corrected chi connectivity index (χ0v) is 12.4. The first-order valence-electron chi connectivity index (χ1n) is 6.31. The highest BCUT2D eigenvalue weighted by Gasteiger charge is 2.22. The Labute approximate surface area is 117 Å². The number of nitrogen functional groups attached to an aromatic ring is 1. The summed E-state index contributed by atoms with van der Waals surface area (Å²) in [4.78, 5) is 11.8. The number of esters is 1. The van der Waals surface area contributed by atoms with Crippen LogP contribution in [0.5, 0.6) is 0 Å². The summed E-state index contributed by atoms with van der Waals surface area (Å²) in [6, 6.07) is 0.128. The SMILES string of the molecule is CCCC(COC)Nc1snc(N)c1C(=O)OCC. The fraction of sp³-hybridized carbons (Fsp3) is 0.667. The third-order valence-electron chi connectivity index (χ3n) is 2.54. The van der Waals surface area contributed by atoms with E-state index in [0.29, 0.717) is 23.8 Å². The van der Waals surface area contributed by atoms with E-state index in [9.17, 15) is 4.79 Å². The molecule has 0 aliphatic rings. The molecular formula is C12H21N3O3S. The molecule has 1 rings (SSSR count). The normalized spacial score (nSPS) is 12.2. The highest BCUT2D eigenvalue weighted by molar-refractivity contribution is 7.11. The molecule has 0 aliphatic carbocycles. The van der Waals surface area contributed by atoms with Gasteiger partial charge < -0.3 is 20.5 Å². The van der Waals surface area contributed by atoms with Gasteiger partial charge >= 0.3 is 5.97 Å². The van der Waals surface area contributed by atoms with Gasteiger partial charge in [-0.15, -0.1) is 0 Å². The van der Waals surface area contributed by atoms with Gasteiger partial charge in [0.2, 0.25) is 0 Å². The Bertz CT molecular complexity index is 403. The number of ether oxygens (including phenoxy) is 2. The van der Waals surface area contributed by atoms with Crippen molar-refractivity contribution >= 4 is 28.3 Å². The Hall–Kier alpha value is -1.34. The molecule has 0 aromatic carbocycles. The number of rotatable bonds is 8. The first-order valence-corrected chi connectivity index (χ1v) is 7.09. The summed E-state index contributed by atoms with van der Waals surface area (Å²) >= 11 is 1.17. The number of nitrogens with two attached hydrogens (primary N) is 1. The second kappa shape index (κ2) is 7.96. The summed E-state index contributed by atoms with van der Waals surface area (Å²) in [5.74, 6) is -0.234. The predicted molar refractivity (Wildman–Crippen MR) is 76.7 cm³/mol. The number of anilines is 2. The van der Waals surface area contributed by atoms with Crippen molar-refractivity contribution in [2.45, 2.75) is 32.7 Å². The van der Waals surface area contributed by atoms with Crippen molar-refractivity contribution in [2.24, 2.45) is 0 Å². The first-order chi connectivity index (χ1) is 9.13. The molecule has 0 amide bonds. The quantitative estimate of drug-likeness (QED) is 0.712. The van der Waals surface area contributed by atoms with E-state index in [0.717, 1.165) is 12.8 Å². The van der Waals surface area contributed by atoms with E-state index in [1.165, 1.54) is 11.5 Å². The van der Waals surface area contributed by atoms with Gasteiger partial charge in [0, 0.05) is 7.11 Å². The monoisotopic (exact) mass is 287 g/mol. The smallest absolute Gasteiger partial charge is 0.344 e. The van der Waals surface area contributed by atoms with Gasteiger partial charge in [0.1, 0.15) is 10.6 Å². The van der Waals surface area contributed by atoms with Crippen molar-refractivity contribution in [3.63, 3.8) is 0 Å². The molecule has 0 spiro atoms. The fourth-order valence-corrected chi connectivity index (χ4v) is 2.51. The molecular weight excluding hydrogens is 266 g/mol. The van der Waals surface area contributed by atoms with E-state index in [4.69, 9.17) is 15.2 Å². The second-order valence-corrected chi connectivity index (χ2v) is 4.85. The summed E-state index contributed by atoms with van der Waals surface area (Å²) < 4.78 is 14.2. The van der Waals surface area contributed by atoms with E-state index in [1.807, 2.05) is 0 Å². The van der Waals surface area contributed by atoms with Gasteiger partial charge in [-0.3, -0.25) is 0 Å². The number of nitrogens with zero attached hydrogens (tertiary/aromatic N) is 1. The van der Waals surface area contributed by atoms with Crippen molar-refractivity contribution in [1.29, 1.82) is 0 Å². The Morgan fingerprint density at radius 2 is 2.26 bits per heavy atom. The molecule has 0 fully saturated rings. The summed E-state index contributed by atoms with van der Waals surface area (Å²) in [6.45, 7) is 4.72. The molecule has 0 saturated heterocycles. The second-order valence-electron chi connectivity index (χ2n) is 4.08. The van der Waals surface area contributed by atoms with E-state index in [1.54, 1.807) is 14.0 Å². The van der Waals surface area contributed by atoms with Crippen LogP contribution in [-0.2, 0) is 9.47 Å². The lowest BCUT2D eigenvalue weighted by Crippen LogP contribution is -2.25. The summed E-state index contributed by atoms with van der Waals surface area (Å²) in [5.41, 5.74) is 6.05. The average molecular weight is 287 g/mol. The number of hydrogen-bond acceptors (Lipinski definition) is 7. The maximum Gasteiger partial charge on any atom is 0.344 e. The van der Waals surface area contributed by atoms with Crippen LogP contribution in [0, 0.1) is 0 Å². The number of hydrogen-bond donors (Lipinski definition) is 2. The van der Waals surface area contributed by atoms with Crippen molar-refractivity contribution in [3.8, 4) is 0 Å². The molecule has 3 N–H and O–H groups in total. The van der Waals surface area contributed by atoms with Crippen molar-refractivity contribution in [3.05, 3.63) is 5.56 Å². The van der Waals surface area contributed by atoms with Crippen LogP contribution in [0.4, 0.5) is 10.8 Å². The number of carbonyl (C=O) groups excluding carboxylic acids is 1. The van der Waals surface area contributed by atoms with Crippen molar-refractivity contribution in [2.75, 3.05) is 31.4 Å². The van der Waals surface area contributed by atoms with Gasteiger partial charge in [-0.25, -0.2) is 4.79 Å². The zero-order valence-electron chi connectivity index (χ0n) is 11.6. The molecule has 19 heavy (non-hydrogen) atoms. The standard InChI is InChI=1S/C12H21N3O3S/c1-4-6-8(7-17-3)14-11-9(10(13)15-19-11)12(16)18-5-2/h8,14H,4-7H2,1-3H3,(H2,13,15). The molecule has 0 aliphatic heterocycles. The zero-order chi connectivity index (χ0) is 14.3. The topological polar surface area (TPSA) is 86.5 Å². The molecule has 0 radical (unpaired) electrons. The maximum absolute atomic E-state index is 11.8. The lowest BCUT2D eigenvalue weighted by Gasteiger charge is -2.17. The lowest BCUT2D eigenvalue weighted by atomic mass is 10.2. The Kier molecular flexibility index (Phi) is 6.58. The van der Waals surface area contributed by atoms with Crippen LogP contribution in [0.3, 0.4) is 0 Å². The molecule has 1 heterocycles. The van der Waals surface area contributed by atoms with Crippen LogP contribution >= 0.6 is 11.5 Å². The van der Waals surface area contributed by atoms with Crippen LogP contribution in [-0.4, -0.2) is 36.7 Å². The molecule has 0 saturated carbocycles. The molecule has 1 aromatic heterocycles. The number of carbonyl (C=O) groups is 1. The van der Waals surface area contributed by atoms with Gasteiger partial charge in [0.05, 0.1) is 19.3 Å². The maximum atomic E-state index is 11.8. The van der Waals surface area contributed by atoms with Crippen LogP contribution in [0.1, 0.15) is 37.0 Å². The summed E-state index contributed by atoms with van der Waals surface area (Å²) in [5, 5.41) is 3.90. The Morgan fingerprint density at radius 3 is 2.84 bits per heavy atom. The minimum atomic E-state index is -0.441. The van der Waals surface area contributed by atoms with Crippen LogP contribution in [0.2, 0.25) is 0 Å². The highest BCUT2D eigenvalue weighted by Crippen LogP contribution is 2.28. The number of methoxy groups -OCH3 is 1. The van der Waals surface area contributed by atoms with Crippen LogP contribution in [0.25, 0.3) is 0 Å². The Morgan fingerprint density at radius 1 is 1.53 bits per heavy atom. The van der Waals surface area contributed by atoms with Crippen molar-refractivity contribution in [1.82, 2.24) is 4.37 Å². The highest BCUT2D eigenvalue weighted by atomic mass is 32.1. The molecule has 0 bridgehead atoms. The van der Waals surface area contributed by atoms with E-state index in [2.05, 4.69) is 16.6 Å². The van der Waals surface area contributed by atoms with Gasteiger partial charge in [0.15, 0.2) is 5.82 Å². The third-order valence-corrected chi connectivity index (χ3v) is 3.33. The predicted octanol–water partition coefficient (Wildman–Crippen LogP) is 2.13. The lowest BCUT2D eigenvalue weighted by molar-refractivity contribution is 0.0529. The van der Waals surface area contributed by atoms with Crippen LogP contribution in [0.15, 0.2) is 0 Å². The van der Waals surface area contributed by atoms with E-state index >= 15 is 0 Å². The molecule has 1 atom stereocenters. The largest absolute Gasteiger partial charge is 0.462 e. The first kappa shape index (κ1) is 15.7. The van der Waals surface area contributed by atoms with Gasteiger partial charge in [-0.1, -0.05) is 13.3 Å². The third kappa shape index (κ3) is 4.36. The molecule has 7 heteroatoms. The summed E-state index contributed by atoms with van der Waals surface area (Å²) in [7, 11) is 1.65. The number of aromatic nitrogens is 1. The summed E-state index contributed by atoms with van der Waals surface area (Å²) in [6.07, 6.45) is 1.96. The average Bonchev–Trinajstić information content (AvgIpc) is 2.71. The van der Waals surface area contributed by atoms with Crippen molar-refractivity contribution < 1.29 is 14.3 Å². The molecule has 1 unspecified atom stereocenters. The minimum absolute atomic E-state index is 0.128. The Balaban J connectivity index is 2.84. The minimum Gasteiger partial charge on any atom is -0.462 e. The fourth-order valence-electron chi connectivity index (χ4n) is 1.73. The molecule has 1 aromatic rings. The van der Waals surface area contributed by atoms with Crippen LogP contribution < -0.4 is 11.1 Å². The molecule has 108 valence electrons. The number of nitrogens with one attached hydrogen (secondary N) is 1. The molecule has 6 nitrogen and oxygen atoms in total.